The highest BCUT2D eigenvalue weighted by Crippen LogP contribution is 2.18. The maximum Gasteiger partial charge on any atom is 0.202 e. The van der Waals surface area contributed by atoms with Gasteiger partial charge in [0.25, 0.3) is 0 Å². The molecule has 1 heterocycles. The summed E-state index contributed by atoms with van der Waals surface area (Å²) in [6.07, 6.45) is 4.99. The third-order valence-corrected chi connectivity index (χ3v) is 2.21. The van der Waals surface area contributed by atoms with Crippen LogP contribution < -0.4 is 5.32 Å². The van der Waals surface area contributed by atoms with Crippen LogP contribution in [0.15, 0.2) is 12.4 Å². The van der Waals surface area contributed by atoms with E-state index in [0.717, 1.165) is 25.5 Å². The molecular weight excluding hydrogens is 174 g/mol. The van der Waals surface area contributed by atoms with E-state index >= 15 is 0 Å². The lowest BCUT2D eigenvalue weighted by molar-refractivity contribution is 0.389. The van der Waals surface area contributed by atoms with Gasteiger partial charge in [0, 0.05) is 25.5 Å². The van der Waals surface area contributed by atoms with Gasteiger partial charge < -0.3 is 9.88 Å². The van der Waals surface area contributed by atoms with E-state index in [1.165, 1.54) is 0 Å². The number of rotatable bonds is 4. The van der Waals surface area contributed by atoms with Gasteiger partial charge in [-0.05, 0) is 18.8 Å². The second-order valence-corrected chi connectivity index (χ2v) is 4.77. The quantitative estimate of drug-likeness (QED) is 0.800. The molecule has 0 bridgehead atoms. The van der Waals surface area contributed by atoms with Gasteiger partial charge in [-0.1, -0.05) is 20.8 Å². The predicted octanol–water partition coefficient (Wildman–Crippen LogP) is 2.75. The second kappa shape index (κ2) is 4.49. The SMILES string of the molecule is CCn1ccnc1NCCC(C)(C)C. The van der Waals surface area contributed by atoms with Crippen molar-refractivity contribution < 1.29 is 0 Å². The van der Waals surface area contributed by atoms with E-state index in [1.54, 1.807) is 0 Å². The van der Waals surface area contributed by atoms with Crippen LogP contribution in [0.1, 0.15) is 34.1 Å². The normalized spacial score (nSPS) is 11.7. The highest BCUT2D eigenvalue weighted by molar-refractivity contribution is 5.25. The third kappa shape index (κ3) is 3.40. The van der Waals surface area contributed by atoms with E-state index in [1.807, 2.05) is 12.4 Å². The lowest BCUT2D eigenvalue weighted by atomic mass is 9.92. The second-order valence-electron chi connectivity index (χ2n) is 4.77. The molecule has 0 saturated heterocycles. The van der Waals surface area contributed by atoms with Crippen molar-refractivity contribution >= 4 is 5.95 Å². The lowest BCUT2D eigenvalue weighted by Gasteiger charge is -2.18. The van der Waals surface area contributed by atoms with Crippen LogP contribution in [0.25, 0.3) is 0 Å². The standard InChI is InChI=1S/C11H21N3/c1-5-14-9-8-13-10(14)12-7-6-11(2,3)4/h8-9H,5-7H2,1-4H3,(H,12,13). The molecule has 1 aromatic heterocycles. The average molecular weight is 195 g/mol. The van der Waals surface area contributed by atoms with Gasteiger partial charge >= 0.3 is 0 Å². The van der Waals surface area contributed by atoms with Gasteiger partial charge in [-0.25, -0.2) is 4.98 Å². The van der Waals surface area contributed by atoms with Crippen LogP contribution in [0.2, 0.25) is 0 Å². The Labute approximate surface area is 86.5 Å². The highest BCUT2D eigenvalue weighted by Gasteiger charge is 2.09. The smallest absolute Gasteiger partial charge is 0.202 e. The molecule has 0 amide bonds. The molecule has 0 aliphatic carbocycles. The number of hydrogen-bond acceptors (Lipinski definition) is 2. The Morgan fingerprint density at radius 2 is 2.14 bits per heavy atom. The van der Waals surface area contributed by atoms with Crippen LogP contribution in [0.5, 0.6) is 0 Å². The minimum Gasteiger partial charge on any atom is -0.356 e. The van der Waals surface area contributed by atoms with Crippen LogP contribution in [0, 0.1) is 5.41 Å². The topological polar surface area (TPSA) is 29.9 Å². The molecular formula is C11H21N3. The fraction of sp³-hybridized carbons (Fsp3) is 0.727. The number of aryl methyl sites for hydroxylation is 1. The molecule has 1 rings (SSSR count). The molecule has 1 aromatic rings. The van der Waals surface area contributed by atoms with Gasteiger partial charge in [0.2, 0.25) is 5.95 Å². The Hall–Kier alpha value is -0.990. The van der Waals surface area contributed by atoms with Crippen LogP contribution in [0.3, 0.4) is 0 Å². The van der Waals surface area contributed by atoms with E-state index in [0.29, 0.717) is 5.41 Å². The summed E-state index contributed by atoms with van der Waals surface area (Å²) < 4.78 is 2.11. The first-order valence-corrected chi connectivity index (χ1v) is 5.28. The van der Waals surface area contributed by atoms with Gasteiger partial charge in [0.15, 0.2) is 0 Å². The van der Waals surface area contributed by atoms with Crippen LogP contribution >= 0.6 is 0 Å². The van der Waals surface area contributed by atoms with E-state index in [-0.39, 0.29) is 0 Å². The Bertz CT molecular complexity index is 270. The monoisotopic (exact) mass is 195 g/mol. The average Bonchev–Trinajstić information content (AvgIpc) is 2.49. The van der Waals surface area contributed by atoms with Crippen molar-refractivity contribution in [1.82, 2.24) is 9.55 Å². The maximum atomic E-state index is 4.26. The van der Waals surface area contributed by atoms with E-state index in [2.05, 4.69) is 42.6 Å². The minimum absolute atomic E-state index is 0.386. The molecule has 0 aromatic carbocycles. The van der Waals surface area contributed by atoms with Crippen molar-refractivity contribution in [1.29, 1.82) is 0 Å². The fourth-order valence-corrected chi connectivity index (χ4v) is 1.28. The Kier molecular flexibility index (Phi) is 3.55. The summed E-state index contributed by atoms with van der Waals surface area (Å²) in [5.41, 5.74) is 0.386. The van der Waals surface area contributed by atoms with Crippen LogP contribution in [0.4, 0.5) is 5.95 Å². The van der Waals surface area contributed by atoms with E-state index in [4.69, 9.17) is 0 Å². The van der Waals surface area contributed by atoms with Crippen LogP contribution in [-0.2, 0) is 6.54 Å². The molecule has 0 radical (unpaired) electrons. The minimum atomic E-state index is 0.386. The van der Waals surface area contributed by atoms with Crippen LogP contribution in [-0.4, -0.2) is 16.1 Å². The van der Waals surface area contributed by atoms with Crippen molar-refractivity contribution in [3.8, 4) is 0 Å². The summed E-state index contributed by atoms with van der Waals surface area (Å²) in [4.78, 5) is 4.26. The maximum absolute atomic E-state index is 4.26. The summed E-state index contributed by atoms with van der Waals surface area (Å²) in [6, 6.07) is 0. The van der Waals surface area contributed by atoms with Gasteiger partial charge in [-0.3, -0.25) is 0 Å². The molecule has 3 nitrogen and oxygen atoms in total. The van der Waals surface area contributed by atoms with Crippen molar-refractivity contribution in [2.24, 2.45) is 5.41 Å². The fourth-order valence-electron chi connectivity index (χ4n) is 1.28. The van der Waals surface area contributed by atoms with E-state index in [9.17, 15) is 0 Å². The van der Waals surface area contributed by atoms with Crippen molar-refractivity contribution in [3.63, 3.8) is 0 Å². The van der Waals surface area contributed by atoms with E-state index < -0.39 is 0 Å². The van der Waals surface area contributed by atoms with Crippen molar-refractivity contribution in [2.75, 3.05) is 11.9 Å². The zero-order chi connectivity index (χ0) is 10.6. The first kappa shape index (κ1) is 11.1. The third-order valence-electron chi connectivity index (χ3n) is 2.21. The Morgan fingerprint density at radius 3 is 2.71 bits per heavy atom. The largest absolute Gasteiger partial charge is 0.356 e. The summed E-state index contributed by atoms with van der Waals surface area (Å²) in [5, 5.41) is 3.35. The molecule has 0 aliphatic heterocycles. The lowest BCUT2D eigenvalue weighted by Crippen LogP contribution is -2.15. The Morgan fingerprint density at radius 1 is 1.43 bits per heavy atom. The molecule has 0 aliphatic rings. The molecule has 0 saturated carbocycles. The van der Waals surface area contributed by atoms with Gasteiger partial charge in [-0.2, -0.15) is 0 Å². The molecule has 0 fully saturated rings. The van der Waals surface area contributed by atoms with Gasteiger partial charge in [-0.15, -0.1) is 0 Å². The number of anilines is 1. The number of hydrogen-bond donors (Lipinski definition) is 1. The Balaban J connectivity index is 2.38. The molecule has 3 heteroatoms. The number of nitrogens with zero attached hydrogens (tertiary/aromatic N) is 2. The first-order chi connectivity index (χ1) is 6.53. The summed E-state index contributed by atoms with van der Waals surface area (Å²) in [7, 11) is 0. The number of nitrogens with one attached hydrogen (secondary N) is 1. The first-order valence-electron chi connectivity index (χ1n) is 5.28. The molecule has 0 unspecified atom stereocenters. The van der Waals surface area contributed by atoms with Crippen molar-refractivity contribution in [3.05, 3.63) is 12.4 Å². The summed E-state index contributed by atoms with van der Waals surface area (Å²) >= 11 is 0. The molecule has 0 atom stereocenters. The zero-order valence-electron chi connectivity index (χ0n) is 9.67. The van der Waals surface area contributed by atoms with Gasteiger partial charge in [0.1, 0.15) is 0 Å². The molecule has 80 valence electrons. The predicted molar refractivity (Wildman–Crippen MR) is 60.5 cm³/mol. The van der Waals surface area contributed by atoms with Crippen molar-refractivity contribution in [2.45, 2.75) is 40.7 Å². The molecule has 1 N–H and O–H groups in total. The summed E-state index contributed by atoms with van der Waals surface area (Å²) in [5.74, 6) is 0.983. The zero-order valence-corrected chi connectivity index (χ0v) is 9.67. The number of aromatic nitrogens is 2. The summed E-state index contributed by atoms with van der Waals surface area (Å²) in [6.45, 7) is 10.8. The molecule has 14 heavy (non-hydrogen) atoms. The van der Waals surface area contributed by atoms with Gasteiger partial charge in [0.05, 0.1) is 0 Å². The number of imidazole rings is 1. The molecule has 0 spiro atoms. The highest BCUT2D eigenvalue weighted by atomic mass is 15.2.